The quantitative estimate of drug-likeness (QED) is 0.751. The molecular formula is C17H12ClNO2. The number of aldehydes is 1. The average molecular weight is 298 g/mol. The topological polar surface area (TPSA) is 49.9 Å². The van der Waals surface area contributed by atoms with Crippen molar-refractivity contribution in [3.05, 3.63) is 69.5 Å². The SMILES string of the molecule is O=CCc1c(-c2ccccc2)c2cc(Cl)ccc2[nH]c1=O. The Morgan fingerprint density at radius 1 is 1.10 bits per heavy atom. The standard InChI is InChI=1S/C17H12ClNO2/c18-12-6-7-15-14(10-12)16(11-4-2-1-3-5-11)13(8-9-20)17(21)19-15/h1-7,9-10H,8H2,(H,19,21). The van der Waals surface area contributed by atoms with Crippen molar-refractivity contribution in [2.45, 2.75) is 6.42 Å². The van der Waals surface area contributed by atoms with Gasteiger partial charge in [0, 0.05) is 33.5 Å². The van der Waals surface area contributed by atoms with Crippen LogP contribution in [0, 0.1) is 0 Å². The summed E-state index contributed by atoms with van der Waals surface area (Å²) in [5.41, 5.74) is 2.59. The number of aromatic amines is 1. The summed E-state index contributed by atoms with van der Waals surface area (Å²) in [7, 11) is 0. The van der Waals surface area contributed by atoms with Gasteiger partial charge in [0.25, 0.3) is 5.56 Å². The lowest BCUT2D eigenvalue weighted by Gasteiger charge is -2.11. The number of hydrogen-bond donors (Lipinski definition) is 1. The Bertz CT molecular complexity index is 869. The zero-order chi connectivity index (χ0) is 14.8. The summed E-state index contributed by atoms with van der Waals surface area (Å²) in [5, 5.41) is 1.42. The van der Waals surface area contributed by atoms with Gasteiger partial charge in [-0.3, -0.25) is 4.79 Å². The first-order chi connectivity index (χ1) is 10.2. The van der Waals surface area contributed by atoms with Crippen LogP contribution < -0.4 is 5.56 Å². The molecule has 0 unspecified atom stereocenters. The van der Waals surface area contributed by atoms with Crippen LogP contribution >= 0.6 is 11.6 Å². The van der Waals surface area contributed by atoms with Gasteiger partial charge in [-0.2, -0.15) is 0 Å². The van der Waals surface area contributed by atoms with Crippen molar-refractivity contribution in [1.82, 2.24) is 4.98 Å². The average Bonchev–Trinajstić information content (AvgIpc) is 2.50. The van der Waals surface area contributed by atoms with Crippen molar-refractivity contribution in [1.29, 1.82) is 0 Å². The molecule has 1 heterocycles. The molecule has 3 aromatic rings. The van der Waals surface area contributed by atoms with E-state index < -0.39 is 0 Å². The molecule has 1 N–H and O–H groups in total. The third kappa shape index (κ3) is 2.48. The predicted octanol–water partition coefficient (Wildman–Crippen LogP) is 3.59. The molecule has 0 atom stereocenters. The molecule has 0 fully saturated rings. The van der Waals surface area contributed by atoms with Gasteiger partial charge in [-0.15, -0.1) is 0 Å². The zero-order valence-electron chi connectivity index (χ0n) is 11.1. The molecule has 21 heavy (non-hydrogen) atoms. The first kappa shape index (κ1) is 13.6. The highest BCUT2D eigenvalue weighted by Crippen LogP contribution is 2.31. The number of carbonyl (C=O) groups is 1. The number of benzene rings is 2. The van der Waals surface area contributed by atoms with E-state index in [-0.39, 0.29) is 12.0 Å². The summed E-state index contributed by atoms with van der Waals surface area (Å²) >= 11 is 6.09. The summed E-state index contributed by atoms with van der Waals surface area (Å²) in [6.45, 7) is 0. The van der Waals surface area contributed by atoms with Gasteiger partial charge in [-0.1, -0.05) is 41.9 Å². The van der Waals surface area contributed by atoms with Crippen molar-refractivity contribution < 1.29 is 4.79 Å². The number of nitrogens with one attached hydrogen (secondary N) is 1. The van der Waals surface area contributed by atoms with Gasteiger partial charge in [0.05, 0.1) is 0 Å². The Kier molecular flexibility index (Phi) is 3.59. The van der Waals surface area contributed by atoms with E-state index in [9.17, 15) is 9.59 Å². The second-order valence-corrected chi connectivity index (χ2v) is 5.17. The molecule has 0 radical (unpaired) electrons. The molecule has 2 aromatic carbocycles. The Morgan fingerprint density at radius 2 is 1.86 bits per heavy atom. The number of carbonyl (C=O) groups excluding carboxylic acids is 1. The molecule has 0 saturated carbocycles. The van der Waals surface area contributed by atoms with Gasteiger partial charge >= 0.3 is 0 Å². The van der Waals surface area contributed by atoms with Gasteiger partial charge in [-0.05, 0) is 23.8 Å². The Morgan fingerprint density at radius 3 is 2.57 bits per heavy atom. The predicted molar refractivity (Wildman–Crippen MR) is 84.8 cm³/mol. The number of aromatic nitrogens is 1. The number of hydrogen-bond acceptors (Lipinski definition) is 2. The Labute approximate surface area is 126 Å². The summed E-state index contributed by atoms with van der Waals surface area (Å²) in [4.78, 5) is 26.0. The zero-order valence-corrected chi connectivity index (χ0v) is 11.9. The van der Waals surface area contributed by atoms with Crippen molar-refractivity contribution in [3.8, 4) is 11.1 Å². The highest BCUT2D eigenvalue weighted by Gasteiger charge is 2.14. The Balaban J connectivity index is 2.47. The van der Waals surface area contributed by atoms with Crippen LogP contribution in [0.1, 0.15) is 5.56 Å². The third-order valence-corrected chi connectivity index (χ3v) is 3.66. The van der Waals surface area contributed by atoms with E-state index in [0.29, 0.717) is 16.1 Å². The van der Waals surface area contributed by atoms with Gasteiger partial charge in [-0.25, -0.2) is 0 Å². The molecule has 0 bridgehead atoms. The van der Waals surface area contributed by atoms with E-state index in [1.165, 1.54) is 0 Å². The molecule has 4 heteroatoms. The van der Waals surface area contributed by atoms with Crippen molar-refractivity contribution >= 4 is 28.8 Å². The van der Waals surface area contributed by atoms with E-state index in [0.717, 1.165) is 22.8 Å². The molecule has 1 aromatic heterocycles. The number of rotatable bonds is 3. The molecule has 104 valence electrons. The smallest absolute Gasteiger partial charge is 0.252 e. The maximum Gasteiger partial charge on any atom is 0.252 e. The van der Waals surface area contributed by atoms with Crippen LogP contribution in [0.2, 0.25) is 5.02 Å². The molecule has 3 nitrogen and oxygen atoms in total. The minimum absolute atomic E-state index is 0.0714. The third-order valence-electron chi connectivity index (χ3n) is 3.42. The fourth-order valence-electron chi connectivity index (χ4n) is 2.52. The minimum atomic E-state index is -0.240. The van der Waals surface area contributed by atoms with Crippen molar-refractivity contribution in [2.24, 2.45) is 0 Å². The van der Waals surface area contributed by atoms with Crippen LogP contribution in [0.5, 0.6) is 0 Å². The van der Waals surface area contributed by atoms with Gasteiger partial charge in [0.15, 0.2) is 0 Å². The van der Waals surface area contributed by atoms with E-state index in [2.05, 4.69) is 4.98 Å². The van der Waals surface area contributed by atoms with Gasteiger partial charge in [0.2, 0.25) is 0 Å². The molecule has 0 aliphatic rings. The van der Waals surface area contributed by atoms with Crippen LogP contribution in [0.15, 0.2) is 53.3 Å². The van der Waals surface area contributed by atoms with E-state index in [1.54, 1.807) is 12.1 Å². The van der Waals surface area contributed by atoms with Crippen LogP contribution in [-0.2, 0) is 11.2 Å². The second kappa shape index (κ2) is 5.54. The van der Waals surface area contributed by atoms with E-state index in [1.807, 2.05) is 36.4 Å². The molecule has 3 rings (SSSR count). The summed E-state index contributed by atoms with van der Waals surface area (Å²) < 4.78 is 0. The maximum atomic E-state index is 12.3. The maximum absolute atomic E-state index is 12.3. The lowest BCUT2D eigenvalue weighted by molar-refractivity contribution is -0.107. The van der Waals surface area contributed by atoms with Gasteiger partial charge in [0.1, 0.15) is 6.29 Å². The second-order valence-electron chi connectivity index (χ2n) is 4.73. The fourth-order valence-corrected chi connectivity index (χ4v) is 2.69. The lowest BCUT2D eigenvalue weighted by atomic mass is 9.95. The van der Waals surface area contributed by atoms with Crippen molar-refractivity contribution in [2.75, 3.05) is 0 Å². The van der Waals surface area contributed by atoms with Crippen LogP contribution in [0.4, 0.5) is 0 Å². The van der Waals surface area contributed by atoms with Crippen LogP contribution in [0.25, 0.3) is 22.0 Å². The number of pyridine rings is 1. The molecule has 0 saturated heterocycles. The minimum Gasteiger partial charge on any atom is -0.322 e. The largest absolute Gasteiger partial charge is 0.322 e. The van der Waals surface area contributed by atoms with Crippen LogP contribution in [-0.4, -0.2) is 11.3 Å². The van der Waals surface area contributed by atoms with E-state index in [4.69, 9.17) is 11.6 Å². The molecular weight excluding hydrogens is 286 g/mol. The monoisotopic (exact) mass is 297 g/mol. The Hall–Kier alpha value is -2.39. The summed E-state index contributed by atoms with van der Waals surface area (Å²) in [6, 6.07) is 14.9. The van der Waals surface area contributed by atoms with Crippen LogP contribution in [0.3, 0.4) is 0 Å². The lowest BCUT2D eigenvalue weighted by Crippen LogP contribution is -2.15. The molecule has 0 aliphatic carbocycles. The highest BCUT2D eigenvalue weighted by atomic mass is 35.5. The van der Waals surface area contributed by atoms with E-state index >= 15 is 0 Å². The highest BCUT2D eigenvalue weighted by molar-refractivity contribution is 6.31. The summed E-state index contributed by atoms with van der Waals surface area (Å²) in [6.07, 6.45) is 0.815. The first-order valence-electron chi connectivity index (χ1n) is 6.54. The number of halogens is 1. The molecule has 0 aliphatic heterocycles. The molecule has 0 spiro atoms. The molecule has 0 amide bonds. The van der Waals surface area contributed by atoms with Crippen molar-refractivity contribution in [3.63, 3.8) is 0 Å². The van der Waals surface area contributed by atoms with Gasteiger partial charge < -0.3 is 9.78 Å². The fraction of sp³-hybridized carbons (Fsp3) is 0.0588. The normalized spacial score (nSPS) is 10.7. The first-order valence-corrected chi connectivity index (χ1v) is 6.92. The number of H-pyrrole nitrogens is 1. The summed E-state index contributed by atoms with van der Waals surface area (Å²) in [5.74, 6) is 0. The number of fused-ring (bicyclic) bond motifs is 1.